The minimum absolute atomic E-state index is 0.000101. The van der Waals surface area contributed by atoms with Crippen molar-refractivity contribution in [3.8, 4) is 0 Å². The van der Waals surface area contributed by atoms with Crippen LogP contribution in [0.3, 0.4) is 0 Å². The predicted molar refractivity (Wildman–Crippen MR) is 137 cm³/mol. The molecule has 0 radical (unpaired) electrons. The summed E-state index contributed by atoms with van der Waals surface area (Å²) in [7, 11) is 1.69. The number of benzene rings is 1. The van der Waals surface area contributed by atoms with Gasteiger partial charge in [-0.05, 0) is 94.1 Å². The van der Waals surface area contributed by atoms with Crippen LogP contribution >= 0.6 is 11.6 Å². The second-order valence-corrected chi connectivity index (χ2v) is 11.6. The molecule has 8 heteroatoms. The van der Waals surface area contributed by atoms with E-state index in [1.165, 1.54) is 0 Å². The Morgan fingerprint density at radius 3 is 2.69 bits per heavy atom. The minimum Gasteiger partial charge on any atom is -0.389 e. The molecule has 1 amide bonds. The molecule has 0 bridgehead atoms. The number of ether oxygens (including phenoxy) is 2. The second kappa shape index (κ2) is 9.27. The van der Waals surface area contributed by atoms with E-state index in [9.17, 15) is 9.90 Å². The number of amides is 1. The molecule has 35 heavy (non-hydrogen) atoms. The Balaban J connectivity index is 1.28. The van der Waals surface area contributed by atoms with Crippen LogP contribution in [0.4, 0.5) is 5.82 Å². The highest BCUT2D eigenvalue weighted by Gasteiger charge is 2.52. The molecule has 3 heterocycles. The molecule has 2 saturated heterocycles. The number of hydrogen-bond acceptors (Lipinski definition) is 6. The monoisotopic (exact) mass is 501 g/mol. The maximum atomic E-state index is 12.8. The molecule has 2 aromatic rings. The summed E-state index contributed by atoms with van der Waals surface area (Å²) in [6.45, 7) is 8.92. The average Bonchev–Trinajstić information content (AvgIpc) is 3.59. The van der Waals surface area contributed by atoms with E-state index in [0.29, 0.717) is 24.9 Å². The number of carbonyl (C=O) groups excluding carboxylic acids is 1. The number of aromatic nitrogens is 1. The highest BCUT2D eigenvalue weighted by molar-refractivity contribution is 6.32. The summed E-state index contributed by atoms with van der Waals surface area (Å²) in [5.41, 5.74) is 0.524. The summed E-state index contributed by atoms with van der Waals surface area (Å²) in [6, 6.07) is 6.07. The van der Waals surface area contributed by atoms with Gasteiger partial charge in [-0.15, -0.1) is 0 Å². The van der Waals surface area contributed by atoms with Gasteiger partial charge in [-0.3, -0.25) is 9.69 Å². The number of piperidine rings is 1. The number of hydrogen-bond donors (Lipinski definition) is 2. The first-order chi connectivity index (χ1) is 16.6. The smallest absolute Gasteiger partial charge is 0.229 e. The minimum atomic E-state index is -0.448. The van der Waals surface area contributed by atoms with Gasteiger partial charge in [0.05, 0.1) is 30.5 Å². The average molecular weight is 502 g/mol. The zero-order chi connectivity index (χ0) is 25.0. The van der Waals surface area contributed by atoms with Crippen LogP contribution in [0, 0.1) is 11.8 Å². The van der Waals surface area contributed by atoms with Gasteiger partial charge in [-0.2, -0.15) is 0 Å². The van der Waals surface area contributed by atoms with Crippen molar-refractivity contribution in [2.75, 3.05) is 38.7 Å². The summed E-state index contributed by atoms with van der Waals surface area (Å²) in [5, 5.41) is 16.1. The molecule has 1 aliphatic carbocycles. The quantitative estimate of drug-likeness (QED) is 0.616. The number of aliphatic hydroxyl groups is 1. The number of anilines is 1. The number of nitrogens with one attached hydrogen (secondary N) is 1. The normalized spacial score (nSPS) is 30.1. The molecular formula is C27H36ClN3O4. The van der Waals surface area contributed by atoms with E-state index in [1.807, 2.05) is 26.0 Å². The van der Waals surface area contributed by atoms with Crippen LogP contribution < -0.4 is 5.32 Å². The Hall–Kier alpha value is -1.77. The highest BCUT2D eigenvalue weighted by atomic mass is 35.5. The summed E-state index contributed by atoms with van der Waals surface area (Å²) in [6.07, 6.45) is 4.10. The van der Waals surface area contributed by atoms with E-state index in [4.69, 9.17) is 21.1 Å². The Morgan fingerprint density at radius 1 is 1.29 bits per heavy atom. The summed E-state index contributed by atoms with van der Waals surface area (Å²) >= 11 is 6.71. The zero-order valence-corrected chi connectivity index (χ0v) is 21.8. The van der Waals surface area contributed by atoms with Gasteiger partial charge >= 0.3 is 0 Å². The fourth-order valence-corrected chi connectivity index (χ4v) is 6.17. The number of nitrogens with zero attached hydrogens (tertiary/aromatic N) is 2. The summed E-state index contributed by atoms with van der Waals surface area (Å²) < 4.78 is 11.1. The summed E-state index contributed by atoms with van der Waals surface area (Å²) in [5.74, 6) is 1.10. The van der Waals surface area contributed by atoms with Gasteiger partial charge in [0, 0.05) is 29.6 Å². The molecule has 3 fully saturated rings. The molecule has 2 aliphatic heterocycles. The first-order valence-electron chi connectivity index (χ1n) is 12.6. The fourth-order valence-electron chi connectivity index (χ4n) is 5.84. The van der Waals surface area contributed by atoms with Crippen molar-refractivity contribution < 1.29 is 19.4 Å². The van der Waals surface area contributed by atoms with Crippen molar-refractivity contribution in [1.82, 2.24) is 9.88 Å². The van der Waals surface area contributed by atoms with Crippen LogP contribution in [-0.2, 0) is 14.3 Å². The number of carbonyl (C=O) groups is 1. The van der Waals surface area contributed by atoms with E-state index in [1.54, 1.807) is 13.3 Å². The number of rotatable bonds is 6. The first kappa shape index (κ1) is 24.9. The molecule has 2 N–H and O–H groups in total. The zero-order valence-electron chi connectivity index (χ0n) is 21.0. The third-order valence-electron chi connectivity index (χ3n) is 8.68. The lowest BCUT2D eigenvalue weighted by Gasteiger charge is -2.43. The van der Waals surface area contributed by atoms with Crippen molar-refractivity contribution >= 4 is 34.1 Å². The maximum absolute atomic E-state index is 12.8. The topological polar surface area (TPSA) is 83.9 Å². The molecule has 0 unspecified atom stereocenters. The predicted octanol–water partition coefficient (Wildman–Crippen LogP) is 4.22. The molecule has 1 aromatic heterocycles. The van der Waals surface area contributed by atoms with Gasteiger partial charge in [0.25, 0.3) is 0 Å². The van der Waals surface area contributed by atoms with Gasteiger partial charge in [0.2, 0.25) is 5.91 Å². The molecule has 0 spiro atoms. The van der Waals surface area contributed by atoms with Crippen LogP contribution in [0.1, 0.15) is 51.5 Å². The largest absolute Gasteiger partial charge is 0.389 e. The van der Waals surface area contributed by atoms with Crippen molar-refractivity contribution in [2.45, 2.75) is 63.2 Å². The van der Waals surface area contributed by atoms with Crippen LogP contribution in [0.15, 0.2) is 24.4 Å². The van der Waals surface area contributed by atoms with E-state index in [-0.39, 0.29) is 28.9 Å². The second-order valence-electron chi connectivity index (χ2n) is 11.2. The lowest BCUT2D eigenvalue weighted by molar-refractivity contribution is -0.118. The Labute approximate surface area is 212 Å². The standard InChI is InChI=1S/C27H36ClN3O4/c1-26(2,34-4)21-12-20(21)25(33)30-24-11-17-9-19(22(28)10-18(17)13-29-24)16-5-7-31(8-6-16)27(3)15-35-14-23(27)32/h9-11,13,16,20-21,23,32H,5-8,12,14-15H2,1-4H3,(H,29,30,33)/t20-,21-,23-,27+/m1/s1. The third-order valence-corrected chi connectivity index (χ3v) is 9.01. The van der Waals surface area contributed by atoms with Gasteiger partial charge in [-0.25, -0.2) is 4.98 Å². The first-order valence-corrected chi connectivity index (χ1v) is 13.0. The number of fused-ring (bicyclic) bond motifs is 1. The molecule has 4 atom stereocenters. The number of pyridine rings is 1. The molecule has 5 rings (SSSR count). The molecular weight excluding hydrogens is 466 g/mol. The van der Waals surface area contributed by atoms with E-state index >= 15 is 0 Å². The Morgan fingerprint density at radius 2 is 2.03 bits per heavy atom. The van der Waals surface area contributed by atoms with Crippen LogP contribution in [0.2, 0.25) is 5.02 Å². The van der Waals surface area contributed by atoms with Crippen molar-refractivity contribution in [3.63, 3.8) is 0 Å². The molecule has 7 nitrogen and oxygen atoms in total. The van der Waals surface area contributed by atoms with Gasteiger partial charge < -0.3 is 19.9 Å². The van der Waals surface area contributed by atoms with Crippen molar-refractivity contribution in [1.29, 1.82) is 0 Å². The van der Waals surface area contributed by atoms with Crippen molar-refractivity contribution in [2.24, 2.45) is 11.8 Å². The van der Waals surface area contributed by atoms with Gasteiger partial charge in [0.1, 0.15) is 5.82 Å². The number of aliphatic hydroxyl groups excluding tert-OH is 1. The fraction of sp³-hybridized carbons (Fsp3) is 0.630. The van der Waals surface area contributed by atoms with Crippen molar-refractivity contribution in [3.05, 3.63) is 35.0 Å². The molecule has 1 saturated carbocycles. The van der Waals surface area contributed by atoms with Crippen LogP contribution in [0.5, 0.6) is 0 Å². The number of halogens is 1. The van der Waals surface area contributed by atoms with E-state index < -0.39 is 6.10 Å². The number of methoxy groups -OCH3 is 1. The lowest BCUT2D eigenvalue weighted by Crippen LogP contribution is -2.56. The summed E-state index contributed by atoms with van der Waals surface area (Å²) in [4.78, 5) is 19.6. The van der Waals surface area contributed by atoms with E-state index in [0.717, 1.165) is 53.7 Å². The highest BCUT2D eigenvalue weighted by Crippen LogP contribution is 2.48. The maximum Gasteiger partial charge on any atom is 0.229 e. The Bertz CT molecular complexity index is 1120. The Kier molecular flexibility index (Phi) is 6.60. The van der Waals surface area contributed by atoms with Gasteiger partial charge in [-0.1, -0.05) is 11.6 Å². The number of likely N-dealkylation sites (tertiary alicyclic amines) is 1. The van der Waals surface area contributed by atoms with Crippen LogP contribution in [-0.4, -0.2) is 71.6 Å². The molecule has 190 valence electrons. The molecule has 3 aliphatic rings. The third kappa shape index (κ3) is 4.69. The van der Waals surface area contributed by atoms with E-state index in [2.05, 4.69) is 28.2 Å². The molecule has 1 aromatic carbocycles. The van der Waals surface area contributed by atoms with Crippen LogP contribution in [0.25, 0.3) is 10.8 Å². The SMILES string of the molecule is COC(C)(C)[C@@H]1C[C@H]1C(=O)Nc1cc2cc(C3CCN([C@@]4(C)COC[C@H]4O)CC3)c(Cl)cc2cn1. The van der Waals surface area contributed by atoms with Gasteiger partial charge in [0.15, 0.2) is 0 Å². The lowest BCUT2D eigenvalue weighted by atomic mass is 9.85.